The van der Waals surface area contributed by atoms with Crippen LogP contribution in [0.2, 0.25) is 0 Å². The number of halogens is 1. The Morgan fingerprint density at radius 1 is 1.01 bits per heavy atom. The number of pyridine rings is 1. The van der Waals surface area contributed by atoms with E-state index in [1.807, 2.05) is 0 Å². The number of fused-ring (bicyclic) bond motifs is 1. The maximum atomic E-state index is 14.6. The van der Waals surface area contributed by atoms with Crippen molar-refractivity contribution in [2.45, 2.75) is 127 Å². The number of amides is 4. The van der Waals surface area contributed by atoms with Crippen LogP contribution in [0.1, 0.15) is 73.1 Å². The number of thiazole rings is 1. The average Bonchev–Trinajstić information content (AvgIpc) is 3.72. The second-order valence-electron chi connectivity index (χ2n) is 19.1. The Bertz CT molecular complexity index is 2360. The first-order valence-corrected chi connectivity index (χ1v) is 24.7. The van der Waals surface area contributed by atoms with Crippen LogP contribution in [-0.4, -0.2) is 163 Å². The van der Waals surface area contributed by atoms with Crippen LogP contribution >= 0.6 is 27.3 Å². The third kappa shape index (κ3) is 13.3. The van der Waals surface area contributed by atoms with Crippen molar-refractivity contribution in [3.8, 4) is 22.9 Å². The zero-order valence-electron chi connectivity index (χ0n) is 40.3. The van der Waals surface area contributed by atoms with E-state index in [1.54, 1.807) is 65.2 Å². The third-order valence-electron chi connectivity index (χ3n) is 12.4. The molecule has 10 N–H and O–H groups in total. The van der Waals surface area contributed by atoms with Gasteiger partial charge in [-0.1, -0.05) is 40.7 Å². The van der Waals surface area contributed by atoms with Gasteiger partial charge in [0.15, 0.2) is 5.13 Å². The predicted molar refractivity (Wildman–Crippen MR) is 262 cm³/mol. The first-order valence-electron chi connectivity index (χ1n) is 23.0. The number of carbonyl (C=O) groups is 5. The van der Waals surface area contributed by atoms with Crippen molar-refractivity contribution in [3.63, 3.8) is 0 Å². The lowest BCUT2D eigenvalue weighted by molar-refractivity contribution is -0.146. The molecule has 3 fully saturated rings. The van der Waals surface area contributed by atoms with Crippen LogP contribution in [0.25, 0.3) is 22.3 Å². The highest BCUT2D eigenvalue weighted by molar-refractivity contribution is 9.10. The van der Waals surface area contributed by atoms with Gasteiger partial charge in [0.2, 0.25) is 17.7 Å². The Kier molecular flexibility index (Phi) is 19.1. The summed E-state index contributed by atoms with van der Waals surface area (Å²) >= 11 is 4.87. The Labute approximate surface area is 418 Å². The van der Waals surface area contributed by atoms with Crippen molar-refractivity contribution in [1.29, 1.82) is 0 Å². The summed E-state index contributed by atoms with van der Waals surface area (Å²) in [6, 6.07) is 3.01. The second-order valence-corrected chi connectivity index (χ2v) is 20.7. The van der Waals surface area contributed by atoms with E-state index < -0.39 is 90.0 Å². The molecule has 2 aromatic heterocycles. The molecule has 2 aliphatic carbocycles. The molecule has 9 atom stereocenters. The summed E-state index contributed by atoms with van der Waals surface area (Å²) in [4.78, 5) is 77.5. The number of methoxy groups -OCH3 is 1. The summed E-state index contributed by atoms with van der Waals surface area (Å²) in [5.74, 6) is -2.40. The van der Waals surface area contributed by atoms with Crippen LogP contribution in [0.5, 0.6) is 11.5 Å². The zero-order chi connectivity index (χ0) is 51.8. The molecule has 0 spiro atoms. The van der Waals surface area contributed by atoms with E-state index in [9.17, 15) is 34.2 Å². The first-order chi connectivity index (χ1) is 33.0. The molecule has 3 aliphatic rings. The van der Waals surface area contributed by atoms with E-state index in [0.717, 1.165) is 25.7 Å². The molecule has 1 aliphatic heterocycles. The van der Waals surface area contributed by atoms with Gasteiger partial charge in [-0.15, -0.1) is 17.9 Å². The number of likely N-dealkylation sites (tertiary alicyclic amines) is 1. The van der Waals surface area contributed by atoms with Crippen molar-refractivity contribution in [3.05, 3.63) is 40.7 Å². The molecule has 1 aromatic carbocycles. The number of carboxylic acids is 1. The number of nitrogens with one attached hydrogen (secondary N) is 4. The molecule has 2 saturated carbocycles. The van der Waals surface area contributed by atoms with Crippen molar-refractivity contribution >= 4 is 73.1 Å². The molecule has 4 amide bonds. The van der Waals surface area contributed by atoms with E-state index in [0.29, 0.717) is 43.4 Å². The summed E-state index contributed by atoms with van der Waals surface area (Å²) < 4.78 is 18.5. The van der Waals surface area contributed by atoms with E-state index in [2.05, 4.69) is 48.8 Å². The summed E-state index contributed by atoms with van der Waals surface area (Å²) in [6.45, 7) is 12.1. The van der Waals surface area contributed by atoms with Gasteiger partial charge in [0.05, 0.1) is 42.0 Å². The van der Waals surface area contributed by atoms with Crippen LogP contribution in [0.3, 0.4) is 0 Å². The number of alkyl carbamates (subject to hydrolysis) is 1. The minimum atomic E-state index is -1.55. The molecule has 21 nitrogen and oxygen atoms in total. The lowest BCUT2D eigenvalue weighted by Crippen LogP contribution is -2.59. The molecule has 0 unspecified atom stereocenters. The van der Waals surface area contributed by atoms with E-state index in [-0.39, 0.29) is 43.9 Å². The number of benzene rings is 1. The third-order valence-corrected chi connectivity index (χ3v) is 14.0. The summed E-state index contributed by atoms with van der Waals surface area (Å²) in [7, 11) is 3.11. The predicted octanol–water partition coefficient (Wildman–Crippen LogP) is 2.94. The Balaban J connectivity index is 0.000000614. The number of aliphatic hydroxyl groups is 5. The van der Waals surface area contributed by atoms with E-state index in [4.69, 9.17) is 39.6 Å². The van der Waals surface area contributed by atoms with Crippen LogP contribution in [0.4, 0.5) is 9.93 Å². The number of ether oxygens (including phenoxy) is 3. The SMILES string of the molecule is C=C[C@@H]1C[C@]1(NC(=O)[C@@H]1C[C@@H](Oc2cc(-c3csc(NC(=O)C(C)C)n3)nc3c(Br)c(OC)ccc23)CN1C(=O)[C@@H](NC(=O)OC1CCCC1)C(C)(C)C)C(=O)O.CNC[C@H](O)[C@@H](O)[C@H](O)[C@H](O)CO. The summed E-state index contributed by atoms with van der Waals surface area (Å²) in [6.07, 6.45) is -2.28. The van der Waals surface area contributed by atoms with Gasteiger partial charge in [0.25, 0.3) is 0 Å². The van der Waals surface area contributed by atoms with Crippen LogP contribution in [-0.2, 0) is 23.9 Å². The fourth-order valence-corrected chi connectivity index (χ4v) is 9.49. The van der Waals surface area contributed by atoms with Gasteiger partial charge in [0.1, 0.15) is 65.3 Å². The Morgan fingerprint density at radius 2 is 1.69 bits per heavy atom. The Hall–Kier alpha value is -5.01. The Morgan fingerprint density at radius 3 is 2.26 bits per heavy atom. The molecule has 0 radical (unpaired) electrons. The normalized spacial score (nSPS) is 22.2. The number of carbonyl (C=O) groups excluding carboxylic acids is 4. The molecule has 386 valence electrons. The molecule has 70 heavy (non-hydrogen) atoms. The fourth-order valence-electron chi connectivity index (χ4n) is 8.18. The second kappa shape index (κ2) is 23.9. The lowest BCUT2D eigenvalue weighted by Gasteiger charge is -2.35. The molecule has 1 saturated heterocycles. The molecule has 23 heteroatoms. The molecule has 6 rings (SSSR count). The lowest BCUT2D eigenvalue weighted by atomic mass is 9.85. The number of aromatic nitrogens is 2. The summed E-state index contributed by atoms with van der Waals surface area (Å²) in [5, 5.41) is 68.6. The number of aliphatic hydroxyl groups excluding tert-OH is 5. The highest BCUT2D eigenvalue weighted by Crippen LogP contribution is 2.45. The molecule has 3 heterocycles. The van der Waals surface area contributed by atoms with Gasteiger partial charge in [0, 0.05) is 41.6 Å². The number of aliphatic carboxylic acids is 1. The molecular weight excluding hydrogens is 999 g/mol. The van der Waals surface area contributed by atoms with Crippen molar-refractivity contribution in [2.24, 2.45) is 17.3 Å². The van der Waals surface area contributed by atoms with Gasteiger partial charge >= 0.3 is 12.1 Å². The largest absolute Gasteiger partial charge is 0.495 e. The minimum absolute atomic E-state index is 0.00791. The monoisotopic (exact) mass is 1060 g/mol. The molecule has 0 bridgehead atoms. The van der Waals surface area contributed by atoms with Gasteiger partial charge in [-0.2, -0.15) is 0 Å². The maximum Gasteiger partial charge on any atom is 0.408 e. The van der Waals surface area contributed by atoms with Gasteiger partial charge < -0.3 is 71.0 Å². The number of carboxylic acid groups (broad SMARTS) is 1. The van der Waals surface area contributed by atoms with Crippen molar-refractivity contribution < 1.29 is 68.8 Å². The number of likely N-dealkylation sites (N-methyl/N-ethyl adjacent to an activating group) is 1. The van der Waals surface area contributed by atoms with Gasteiger partial charge in [-0.3, -0.25) is 14.4 Å². The van der Waals surface area contributed by atoms with Crippen molar-refractivity contribution in [2.75, 3.05) is 39.2 Å². The minimum Gasteiger partial charge on any atom is -0.495 e. The highest BCUT2D eigenvalue weighted by atomic mass is 79.9. The quantitative estimate of drug-likeness (QED) is 0.0772. The van der Waals surface area contributed by atoms with Gasteiger partial charge in [-0.25, -0.2) is 19.6 Å². The highest BCUT2D eigenvalue weighted by Gasteiger charge is 2.61. The van der Waals surface area contributed by atoms with Crippen LogP contribution in [0, 0.1) is 17.3 Å². The van der Waals surface area contributed by atoms with Gasteiger partial charge in [-0.05, 0) is 72.6 Å². The molecular formula is C47H66BrN7O14S. The average molecular weight is 1070 g/mol. The first kappa shape index (κ1) is 55.9. The van der Waals surface area contributed by atoms with Crippen molar-refractivity contribution in [1.82, 2.24) is 30.8 Å². The fraction of sp³-hybridized carbons (Fsp3) is 0.596. The number of anilines is 1. The summed E-state index contributed by atoms with van der Waals surface area (Å²) in [5.41, 5.74) is -0.945. The van der Waals surface area contributed by atoms with E-state index >= 15 is 0 Å². The maximum absolute atomic E-state index is 14.6. The topological polar surface area (TPSA) is 312 Å². The van der Waals surface area contributed by atoms with Crippen LogP contribution < -0.4 is 30.7 Å². The smallest absolute Gasteiger partial charge is 0.408 e. The number of hydrogen-bond acceptors (Lipinski definition) is 17. The number of rotatable bonds is 19. The number of hydrogen-bond donors (Lipinski definition) is 10. The number of nitrogens with zero attached hydrogens (tertiary/aromatic N) is 3. The zero-order valence-corrected chi connectivity index (χ0v) is 42.7. The van der Waals surface area contributed by atoms with E-state index in [1.165, 1.54) is 29.4 Å². The van der Waals surface area contributed by atoms with Crippen LogP contribution in [0.15, 0.2) is 40.7 Å². The standard InChI is InChI=1S/C40H49BrN6O9S.C7H17NO5/c1-8-21-17-40(21,36(51)52)46-34(49)27-15-23(18-47(27)35(50)32(39(4,5)6)44-38(53)56-22-11-9-10-12-22)55-29-16-25(26-19-57-37(43-26)45-33(48)20(2)3)42-31-24(29)13-14-28(54-7)30(31)41;1-8-2-4(10)6(12)7(13)5(11)3-9/h8,13-14,16,19-23,27,32H,1,9-12,15,17-18H2,2-7H3,(H,44,53)(H,46,49)(H,51,52)(H,43,45,48);4-13H,2-3H2,1H3/t21-,23-,27+,32-,40-;4-,5+,6+,7+/m10/s1. The molecule has 3 aromatic rings.